The van der Waals surface area contributed by atoms with Gasteiger partial charge in [0.25, 0.3) is 0 Å². The predicted octanol–water partition coefficient (Wildman–Crippen LogP) is 2.05. The van der Waals surface area contributed by atoms with Gasteiger partial charge in [-0.3, -0.25) is 4.79 Å². The average Bonchev–Trinajstić information content (AvgIpc) is 2.98. The van der Waals surface area contributed by atoms with Crippen molar-refractivity contribution < 1.29 is 22.0 Å². The minimum atomic E-state index is -3.77. The Labute approximate surface area is 140 Å². The van der Waals surface area contributed by atoms with Crippen LogP contribution in [0.2, 0.25) is 0 Å². The summed E-state index contributed by atoms with van der Waals surface area (Å²) >= 11 is 0. The van der Waals surface area contributed by atoms with Crippen LogP contribution >= 0.6 is 0 Å². The van der Waals surface area contributed by atoms with Crippen molar-refractivity contribution in [2.75, 3.05) is 13.1 Å². The van der Waals surface area contributed by atoms with Crippen LogP contribution in [0.1, 0.15) is 18.2 Å². The fourth-order valence-electron chi connectivity index (χ4n) is 2.25. The summed E-state index contributed by atoms with van der Waals surface area (Å²) in [7, 11) is -3.77. The predicted molar refractivity (Wildman–Crippen MR) is 86.1 cm³/mol. The Hall–Kier alpha value is -2.19. The van der Waals surface area contributed by atoms with Crippen LogP contribution in [-0.4, -0.2) is 32.3 Å². The number of benzene rings is 1. The molecular weight excluding hydrogens is 335 g/mol. The highest BCUT2D eigenvalue weighted by atomic mass is 32.2. The molecule has 0 spiro atoms. The second-order valence-electron chi connectivity index (χ2n) is 5.33. The summed E-state index contributed by atoms with van der Waals surface area (Å²) in [5.41, 5.74) is 0.321. The summed E-state index contributed by atoms with van der Waals surface area (Å²) in [4.78, 5) is 13.1. The van der Waals surface area contributed by atoms with Crippen LogP contribution in [0.5, 0.6) is 0 Å². The molecule has 0 saturated carbocycles. The first-order valence-electron chi connectivity index (χ1n) is 7.33. The van der Waals surface area contributed by atoms with Gasteiger partial charge in [0.2, 0.25) is 15.9 Å². The first-order chi connectivity index (χ1) is 11.3. The Kier molecular flexibility index (Phi) is 5.74. The van der Waals surface area contributed by atoms with Crippen LogP contribution in [0.3, 0.4) is 0 Å². The first-order valence-corrected chi connectivity index (χ1v) is 8.81. The molecule has 0 aliphatic carbocycles. The van der Waals surface area contributed by atoms with E-state index in [4.69, 9.17) is 4.42 Å². The van der Waals surface area contributed by atoms with Crippen LogP contribution < -0.4 is 4.72 Å². The molecule has 2 rings (SSSR count). The number of nitrogens with zero attached hydrogens (tertiary/aromatic N) is 1. The summed E-state index contributed by atoms with van der Waals surface area (Å²) in [5.74, 6) is -0.0707. The quantitative estimate of drug-likeness (QED) is 0.825. The van der Waals surface area contributed by atoms with Crippen molar-refractivity contribution in [3.63, 3.8) is 0 Å². The molecule has 0 unspecified atom stereocenters. The number of carbonyl (C=O) groups excluding carboxylic acids is 1. The number of halogens is 1. The first kappa shape index (κ1) is 18.2. The lowest BCUT2D eigenvalue weighted by atomic mass is 10.2. The van der Waals surface area contributed by atoms with Gasteiger partial charge < -0.3 is 9.32 Å². The van der Waals surface area contributed by atoms with Crippen LogP contribution in [0, 0.1) is 12.7 Å². The van der Waals surface area contributed by atoms with Crippen molar-refractivity contribution in [2.24, 2.45) is 0 Å². The third kappa shape index (κ3) is 4.65. The Balaban J connectivity index is 1.99. The summed E-state index contributed by atoms with van der Waals surface area (Å²) in [6.45, 7) is 3.42. The molecule has 0 aliphatic rings. The van der Waals surface area contributed by atoms with Crippen LogP contribution in [-0.2, 0) is 21.4 Å². The van der Waals surface area contributed by atoms with Crippen LogP contribution in [0.4, 0.5) is 4.39 Å². The van der Waals surface area contributed by atoms with Gasteiger partial charge in [0.1, 0.15) is 11.6 Å². The number of carbonyl (C=O) groups is 1. The van der Waals surface area contributed by atoms with Crippen molar-refractivity contribution >= 4 is 15.9 Å². The molecule has 0 bridgehead atoms. The van der Waals surface area contributed by atoms with E-state index in [0.717, 1.165) is 12.1 Å². The molecule has 1 amide bonds. The second-order valence-corrected chi connectivity index (χ2v) is 7.06. The minimum Gasteiger partial charge on any atom is -0.467 e. The van der Waals surface area contributed by atoms with Crippen LogP contribution in [0.25, 0.3) is 0 Å². The molecular formula is C16H19FN2O4S. The maximum atomic E-state index is 13.1. The van der Waals surface area contributed by atoms with Crippen molar-refractivity contribution in [1.82, 2.24) is 9.62 Å². The normalized spacial score (nSPS) is 11.5. The van der Waals surface area contributed by atoms with Gasteiger partial charge in [0.15, 0.2) is 0 Å². The standard InChI is InChI=1S/C16H19FN2O4S/c1-12-10-14(17)5-6-16(12)24(21,22)18-7-8-19(13(2)20)11-15-4-3-9-23-15/h3-6,9-10,18H,7-8,11H2,1-2H3. The Morgan fingerprint density at radius 2 is 2.08 bits per heavy atom. The van der Waals surface area contributed by atoms with E-state index >= 15 is 0 Å². The van der Waals surface area contributed by atoms with Crippen molar-refractivity contribution in [1.29, 1.82) is 0 Å². The van der Waals surface area contributed by atoms with Crippen molar-refractivity contribution in [3.8, 4) is 0 Å². The fraction of sp³-hybridized carbons (Fsp3) is 0.312. The van der Waals surface area contributed by atoms with E-state index < -0.39 is 15.8 Å². The van der Waals surface area contributed by atoms with Gasteiger partial charge in [0, 0.05) is 20.0 Å². The zero-order valence-corrected chi connectivity index (χ0v) is 14.3. The van der Waals surface area contributed by atoms with Crippen LogP contribution in [0.15, 0.2) is 45.9 Å². The lowest BCUT2D eigenvalue weighted by Gasteiger charge is -2.20. The molecule has 2 aromatic rings. The molecule has 1 heterocycles. The number of sulfonamides is 1. The molecule has 130 valence electrons. The van der Waals surface area contributed by atoms with Gasteiger partial charge in [-0.1, -0.05) is 0 Å². The fourth-order valence-corrected chi connectivity index (χ4v) is 3.49. The highest BCUT2D eigenvalue weighted by molar-refractivity contribution is 7.89. The highest BCUT2D eigenvalue weighted by Gasteiger charge is 2.18. The average molecular weight is 354 g/mol. The monoisotopic (exact) mass is 354 g/mol. The smallest absolute Gasteiger partial charge is 0.240 e. The third-order valence-corrected chi connectivity index (χ3v) is 5.09. The van der Waals surface area contributed by atoms with Gasteiger partial charge in [0.05, 0.1) is 17.7 Å². The Morgan fingerprint density at radius 1 is 1.33 bits per heavy atom. The summed E-state index contributed by atoms with van der Waals surface area (Å²) in [6.07, 6.45) is 1.51. The summed E-state index contributed by atoms with van der Waals surface area (Å²) in [6, 6.07) is 6.93. The van der Waals surface area contributed by atoms with E-state index in [2.05, 4.69) is 4.72 Å². The molecule has 1 aromatic heterocycles. The Morgan fingerprint density at radius 3 is 2.67 bits per heavy atom. The number of amides is 1. The number of nitrogens with one attached hydrogen (secondary N) is 1. The lowest BCUT2D eigenvalue weighted by molar-refractivity contribution is -0.129. The number of furan rings is 1. The Bertz CT molecular complexity index is 803. The van der Waals surface area contributed by atoms with E-state index in [-0.39, 0.29) is 30.4 Å². The number of aryl methyl sites for hydroxylation is 1. The maximum Gasteiger partial charge on any atom is 0.240 e. The van der Waals surface area contributed by atoms with E-state index in [0.29, 0.717) is 11.3 Å². The zero-order valence-electron chi connectivity index (χ0n) is 13.5. The number of rotatable bonds is 7. The molecule has 0 aliphatic heterocycles. The number of hydrogen-bond donors (Lipinski definition) is 1. The molecule has 0 atom stereocenters. The second kappa shape index (κ2) is 7.59. The summed E-state index contributed by atoms with van der Waals surface area (Å²) in [5, 5.41) is 0. The molecule has 0 saturated heterocycles. The third-order valence-electron chi connectivity index (χ3n) is 3.47. The van der Waals surface area contributed by atoms with Gasteiger partial charge in [-0.25, -0.2) is 17.5 Å². The number of hydrogen-bond acceptors (Lipinski definition) is 4. The van der Waals surface area contributed by atoms with Crippen molar-refractivity contribution in [3.05, 3.63) is 53.7 Å². The maximum absolute atomic E-state index is 13.1. The van der Waals surface area contributed by atoms with Gasteiger partial charge >= 0.3 is 0 Å². The molecule has 6 nitrogen and oxygen atoms in total. The van der Waals surface area contributed by atoms with E-state index in [1.165, 1.54) is 31.1 Å². The summed E-state index contributed by atoms with van der Waals surface area (Å²) < 4.78 is 45.3. The molecule has 8 heteroatoms. The van der Waals surface area contributed by atoms with E-state index in [9.17, 15) is 17.6 Å². The van der Waals surface area contributed by atoms with E-state index in [1.807, 2.05) is 0 Å². The molecule has 1 aromatic carbocycles. The molecule has 0 fully saturated rings. The lowest BCUT2D eigenvalue weighted by Crippen LogP contribution is -2.37. The molecule has 24 heavy (non-hydrogen) atoms. The topological polar surface area (TPSA) is 79.6 Å². The largest absolute Gasteiger partial charge is 0.467 e. The van der Waals surface area contributed by atoms with E-state index in [1.54, 1.807) is 12.1 Å². The van der Waals surface area contributed by atoms with Gasteiger partial charge in [-0.05, 0) is 42.8 Å². The zero-order chi connectivity index (χ0) is 17.7. The highest BCUT2D eigenvalue weighted by Crippen LogP contribution is 2.15. The molecule has 1 N–H and O–H groups in total. The van der Waals surface area contributed by atoms with Crippen molar-refractivity contribution in [2.45, 2.75) is 25.3 Å². The minimum absolute atomic E-state index is 0.0179. The SMILES string of the molecule is CC(=O)N(CCNS(=O)(=O)c1ccc(F)cc1C)Cc1ccco1. The van der Waals surface area contributed by atoms with Gasteiger partial charge in [-0.2, -0.15) is 0 Å². The van der Waals surface area contributed by atoms with Gasteiger partial charge in [-0.15, -0.1) is 0 Å². The molecule has 0 radical (unpaired) electrons.